The third-order valence-electron chi connectivity index (χ3n) is 4.64. The summed E-state index contributed by atoms with van der Waals surface area (Å²) in [6.07, 6.45) is 0. The first kappa shape index (κ1) is 19.2. The Morgan fingerprint density at radius 1 is 0.600 bits per heavy atom. The molecule has 0 saturated heterocycles. The van der Waals surface area contributed by atoms with Crippen molar-refractivity contribution in [2.75, 3.05) is 22.5 Å². The number of fused-ring (bicyclic) bond motifs is 1. The van der Waals surface area contributed by atoms with Crippen molar-refractivity contribution in [1.29, 1.82) is 0 Å². The fourth-order valence-corrected chi connectivity index (χ4v) is 3.15. The van der Waals surface area contributed by atoms with Crippen LogP contribution in [0.2, 0.25) is 0 Å². The number of carbonyl (C=O) groups excluding carboxylic acids is 2. The van der Waals surface area contributed by atoms with Gasteiger partial charge in [-0.3, -0.25) is 9.59 Å². The van der Waals surface area contributed by atoms with Crippen LogP contribution >= 0.6 is 0 Å². The van der Waals surface area contributed by atoms with Gasteiger partial charge < -0.3 is 16.0 Å². The molecule has 0 aliphatic heterocycles. The number of amides is 2. The monoisotopic (exact) mass is 395 g/mol. The molecule has 4 aromatic carbocycles. The van der Waals surface area contributed by atoms with Crippen molar-refractivity contribution < 1.29 is 9.59 Å². The molecule has 0 heterocycles. The van der Waals surface area contributed by atoms with E-state index in [4.69, 9.17) is 0 Å². The minimum atomic E-state index is -0.179. The van der Waals surface area contributed by atoms with E-state index in [1.54, 1.807) is 24.3 Å². The van der Waals surface area contributed by atoms with Gasteiger partial charge in [-0.25, -0.2) is 0 Å². The Balaban J connectivity index is 1.34. The fourth-order valence-electron chi connectivity index (χ4n) is 3.15. The van der Waals surface area contributed by atoms with Gasteiger partial charge in [-0.1, -0.05) is 54.6 Å². The molecule has 0 aliphatic rings. The van der Waals surface area contributed by atoms with Crippen LogP contribution in [0.25, 0.3) is 10.8 Å². The van der Waals surface area contributed by atoms with Crippen molar-refractivity contribution >= 4 is 39.6 Å². The van der Waals surface area contributed by atoms with Gasteiger partial charge in [-0.15, -0.1) is 0 Å². The molecule has 0 atom stereocenters. The van der Waals surface area contributed by atoms with Crippen molar-refractivity contribution in [3.05, 3.63) is 103 Å². The average Bonchev–Trinajstić information content (AvgIpc) is 2.78. The predicted molar refractivity (Wildman–Crippen MR) is 122 cm³/mol. The second-order valence-corrected chi connectivity index (χ2v) is 6.86. The van der Waals surface area contributed by atoms with Crippen molar-refractivity contribution in [3.8, 4) is 0 Å². The van der Waals surface area contributed by atoms with E-state index >= 15 is 0 Å². The molecule has 0 aromatic heterocycles. The van der Waals surface area contributed by atoms with Crippen LogP contribution in [-0.4, -0.2) is 18.4 Å². The fraction of sp³-hybridized carbons (Fsp3) is 0.0400. The Morgan fingerprint density at radius 2 is 1.30 bits per heavy atom. The van der Waals surface area contributed by atoms with Gasteiger partial charge in [0.1, 0.15) is 0 Å². The zero-order chi connectivity index (χ0) is 20.8. The first-order chi connectivity index (χ1) is 14.7. The van der Waals surface area contributed by atoms with Crippen LogP contribution in [0, 0.1) is 0 Å². The molecule has 2 amide bonds. The van der Waals surface area contributed by atoms with Gasteiger partial charge in [0.15, 0.2) is 0 Å². The minimum Gasteiger partial charge on any atom is -0.376 e. The van der Waals surface area contributed by atoms with Crippen molar-refractivity contribution in [2.24, 2.45) is 0 Å². The highest BCUT2D eigenvalue weighted by Crippen LogP contribution is 2.19. The molecule has 5 heteroatoms. The maximum absolute atomic E-state index is 12.3. The van der Waals surface area contributed by atoms with Gasteiger partial charge in [-0.05, 0) is 53.2 Å². The largest absolute Gasteiger partial charge is 0.376 e. The maximum atomic E-state index is 12.3. The van der Waals surface area contributed by atoms with Gasteiger partial charge in [0.05, 0.1) is 6.54 Å². The van der Waals surface area contributed by atoms with Crippen molar-refractivity contribution in [3.63, 3.8) is 0 Å². The van der Waals surface area contributed by atoms with E-state index < -0.39 is 0 Å². The molecule has 30 heavy (non-hydrogen) atoms. The zero-order valence-corrected chi connectivity index (χ0v) is 16.3. The third-order valence-corrected chi connectivity index (χ3v) is 4.64. The van der Waals surface area contributed by atoms with E-state index in [2.05, 4.69) is 16.0 Å². The van der Waals surface area contributed by atoms with Crippen LogP contribution in [0.3, 0.4) is 0 Å². The Bertz CT molecular complexity index is 1190. The molecule has 5 nitrogen and oxygen atoms in total. The standard InChI is InChI=1S/C25H21N3O2/c29-24(27-23-14-13-18-7-4-5-10-20(18)15-23)17-26-21-11-6-12-22(16-21)28-25(30)19-8-2-1-3-9-19/h1-16,26H,17H2,(H,27,29)(H,28,30). The van der Waals surface area contributed by atoms with Gasteiger partial charge >= 0.3 is 0 Å². The number of carbonyl (C=O) groups is 2. The highest BCUT2D eigenvalue weighted by Gasteiger charge is 2.07. The van der Waals surface area contributed by atoms with E-state index in [-0.39, 0.29) is 18.4 Å². The van der Waals surface area contributed by atoms with Crippen molar-refractivity contribution in [1.82, 2.24) is 0 Å². The summed E-state index contributed by atoms with van der Waals surface area (Å²) in [6, 6.07) is 30.1. The second-order valence-electron chi connectivity index (χ2n) is 6.86. The van der Waals surface area contributed by atoms with E-state index in [0.29, 0.717) is 11.3 Å². The van der Waals surface area contributed by atoms with Gasteiger partial charge in [0.25, 0.3) is 5.91 Å². The lowest BCUT2D eigenvalue weighted by atomic mass is 10.1. The van der Waals surface area contributed by atoms with Crippen LogP contribution in [0.5, 0.6) is 0 Å². The summed E-state index contributed by atoms with van der Waals surface area (Å²) < 4.78 is 0. The SMILES string of the molecule is O=C(CNc1cccc(NC(=O)c2ccccc2)c1)Nc1ccc2ccccc2c1. The highest BCUT2D eigenvalue weighted by atomic mass is 16.2. The van der Waals surface area contributed by atoms with Crippen LogP contribution in [0.4, 0.5) is 17.1 Å². The first-order valence-electron chi connectivity index (χ1n) is 9.66. The van der Waals surface area contributed by atoms with Gasteiger partial charge in [0.2, 0.25) is 5.91 Å². The minimum absolute atomic E-state index is 0.114. The predicted octanol–water partition coefficient (Wildman–Crippen LogP) is 5.14. The molecule has 0 fully saturated rings. The van der Waals surface area contributed by atoms with E-state index in [0.717, 1.165) is 22.1 Å². The van der Waals surface area contributed by atoms with Crippen LogP contribution in [0.15, 0.2) is 97.1 Å². The summed E-state index contributed by atoms with van der Waals surface area (Å²) in [5, 5.41) is 11.1. The molecule has 0 radical (unpaired) electrons. The molecule has 0 unspecified atom stereocenters. The molecule has 0 bridgehead atoms. The van der Waals surface area contributed by atoms with Gasteiger partial charge in [-0.2, -0.15) is 0 Å². The van der Waals surface area contributed by atoms with Crippen LogP contribution in [-0.2, 0) is 4.79 Å². The summed E-state index contributed by atoms with van der Waals surface area (Å²) in [5.41, 5.74) is 2.74. The molecular formula is C25H21N3O2. The number of rotatable bonds is 6. The normalized spacial score (nSPS) is 10.4. The lowest BCUT2D eigenvalue weighted by Gasteiger charge is -2.11. The van der Waals surface area contributed by atoms with Crippen molar-refractivity contribution in [2.45, 2.75) is 0 Å². The quantitative estimate of drug-likeness (QED) is 0.423. The summed E-state index contributed by atoms with van der Waals surface area (Å²) >= 11 is 0. The number of hydrogen-bond donors (Lipinski definition) is 3. The second kappa shape index (κ2) is 8.92. The molecule has 4 aromatic rings. The average molecular weight is 395 g/mol. The highest BCUT2D eigenvalue weighted by molar-refractivity contribution is 6.04. The number of nitrogens with one attached hydrogen (secondary N) is 3. The Labute approximate surface area is 174 Å². The van der Waals surface area contributed by atoms with E-state index in [1.807, 2.05) is 72.8 Å². The molecule has 4 rings (SSSR count). The molecular weight excluding hydrogens is 374 g/mol. The summed E-state index contributed by atoms with van der Waals surface area (Å²) in [5.74, 6) is -0.328. The van der Waals surface area contributed by atoms with E-state index in [1.165, 1.54) is 0 Å². The lowest BCUT2D eigenvalue weighted by Crippen LogP contribution is -2.21. The number of hydrogen-bond acceptors (Lipinski definition) is 3. The van der Waals surface area contributed by atoms with E-state index in [9.17, 15) is 9.59 Å². The summed E-state index contributed by atoms with van der Waals surface area (Å²) in [4.78, 5) is 24.6. The smallest absolute Gasteiger partial charge is 0.255 e. The number of benzene rings is 4. The summed E-state index contributed by atoms with van der Waals surface area (Å²) in [6.45, 7) is 0.114. The lowest BCUT2D eigenvalue weighted by molar-refractivity contribution is -0.114. The maximum Gasteiger partial charge on any atom is 0.255 e. The first-order valence-corrected chi connectivity index (χ1v) is 9.66. The zero-order valence-electron chi connectivity index (χ0n) is 16.3. The van der Waals surface area contributed by atoms with Gasteiger partial charge in [0, 0.05) is 22.6 Å². The molecule has 0 spiro atoms. The molecule has 0 aliphatic carbocycles. The Hall–Kier alpha value is -4.12. The third kappa shape index (κ3) is 4.83. The Kier molecular flexibility index (Phi) is 5.71. The topological polar surface area (TPSA) is 70.2 Å². The molecule has 3 N–H and O–H groups in total. The summed E-state index contributed by atoms with van der Waals surface area (Å²) in [7, 11) is 0. The van der Waals surface area contributed by atoms with Crippen LogP contribution < -0.4 is 16.0 Å². The molecule has 0 saturated carbocycles. The Morgan fingerprint density at radius 3 is 2.13 bits per heavy atom. The number of anilines is 3. The van der Waals surface area contributed by atoms with Crippen LogP contribution in [0.1, 0.15) is 10.4 Å². The molecule has 148 valence electrons.